The van der Waals surface area contributed by atoms with E-state index in [1.165, 1.54) is 50.9 Å². The monoisotopic (exact) mass is 401 g/mol. The number of likely N-dealkylation sites (tertiary alicyclic amines) is 1. The summed E-state index contributed by atoms with van der Waals surface area (Å²) in [5, 5.41) is 7.73. The highest BCUT2D eigenvalue weighted by molar-refractivity contribution is 7.99. The quantitative estimate of drug-likeness (QED) is 0.768. The molecule has 2 heterocycles. The van der Waals surface area contributed by atoms with Gasteiger partial charge in [0.25, 0.3) is 0 Å². The highest BCUT2D eigenvalue weighted by Crippen LogP contribution is 2.32. The van der Waals surface area contributed by atoms with Crippen LogP contribution in [-0.4, -0.2) is 53.7 Å². The first kappa shape index (κ1) is 20.2. The van der Waals surface area contributed by atoms with Gasteiger partial charge in [-0.2, -0.15) is 11.8 Å². The van der Waals surface area contributed by atoms with Crippen molar-refractivity contribution in [1.82, 2.24) is 15.5 Å². The third-order valence-corrected chi connectivity index (χ3v) is 8.33. The first-order chi connectivity index (χ1) is 13.7. The van der Waals surface area contributed by atoms with Crippen molar-refractivity contribution in [2.75, 3.05) is 25.4 Å². The van der Waals surface area contributed by atoms with Crippen molar-refractivity contribution in [2.45, 2.75) is 62.9 Å². The molecule has 0 bridgehead atoms. The second-order valence-electron chi connectivity index (χ2n) is 8.88. The van der Waals surface area contributed by atoms with Crippen LogP contribution in [0.4, 0.5) is 0 Å². The van der Waals surface area contributed by atoms with Crippen molar-refractivity contribution in [2.24, 2.45) is 11.8 Å². The van der Waals surface area contributed by atoms with Gasteiger partial charge in [-0.25, -0.2) is 0 Å². The maximum absolute atomic E-state index is 12.5. The number of carbonyl (C=O) groups excluding carboxylic acids is 1. The maximum Gasteiger partial charge on any atom is 0.225 e. The van der Waals surface area contributed by atoms with Gasteiger partial charge < -0.3 is 10.2 Å². The zero-order chi connectivity index (χ0) is 19.3. The van der Waals surface area contributed by atoms with E-state index in [1.807, 2.05) is 0 Å². The highest BCUT2D eigenvalue weighted by atomic mass is 32.2. The molecule has 2 saturated heterocycles. The lowest BCUT2D eigenvalue weighted by Gasteiger charge is -2.43. The van der Waals surface area contributed by atoms with Crippen molar-refractivity contribution in [3.8, 4) is 0 Å². The Morgan fingerprint density at radius 3 is 2.68 bits per heavy atom. The third-order valence-electron chi connectivity index (χ3n) is 6.86. The van der Waals surface area contributed by atoms with Crippen LogP contribution in [0.25, 0.3) is 0 Å². The standard InChI is InChI=1S/C23H35N3OS/c1-17-6-5-9-20-22(17)24-21(25-23(20)27)16-28-19-11-14-26(15-12-19)13-10-18-7-3-2-4-8-18/h2-4,7-8,17,19-22,24H,5-6,9-16H2,1H3,(H,25,27). The highest BCUT2D eigenvalue weighted by Gasteiger charge is 2.40. The molecule has 4 atom stereocenters. The molecule has 4 unspecified atom stereocenters. The molecule has 2 N–H and O–H groups in total. The lowest BCUT2D eigenvalue weighted by atomic mass is 9.76. The van der Waals surface area contributed by atoms with Crippen LogP contribution in [0.3, 0.4) is 0 Å². The number of nitrogens with one attached hydrogen (secondary N) is 2. The molecule has 0 radical (unpaired) electrons. The van der Waals surface area contributed by atoms with Crippen LogP contribution in [0.5, 0.6) is 0 Å². The molecule has 0 spiro atoms. The van der Waals surface area contributed by atoms with Crippen molar-refractivity contribution in [1.29, 1.82) is 0 Å². The molecule has 1 aromatic carbocycles. The number of thioether (sulfide) groups is 1. The average molecular weight is 402 g/mol. The van der Waals surface area contributed by atoms with Crippen LogP contribution < -0.4 is 10.6 Å². The van der Waals surface area contributed by atoms with Crippen molar-refractivity contribution >= 4 is 17.7 Å². The fraction of sp³-hybridized carbons (Fsp3) is 0.696. The molecule has 0 aromatic heterocycles. The van der Waals surface area contributed by atoms with Crippen LogP contribution in [0.1, 0.15) is 44.6 Å². The number of amides is 1. The van der Waals surface area contributed by atoms with Crippen LogP contribution in [0, 0.1) is 11.8 Å². The topological polar surface area (TPSA) is 44.4 Å². The summed E-state index contributed by atoms with van der Waals surface area (Å²) in [5.74, 6) is 2.09. The van der Waals surface area contributed by atoms with Gasteiger partial charge in [-0.1, -0.05) is 43.7 Å². The predicted molar refractivity (Wildman–Crippen MR) is 117 cm³/mol. The van der Waals surface area contributed by atoms with Crippen molar-refractivity contribution in [3.63, 3.8) is 0 Å². The van der Waals surface area contributed by atoms with E-state index in [0.29, 0.717) is 12.0 Å². The number of benzene rings is 1. The number of fused-ring (bicyclic) bond motifs is 1. The molecule has 3 aliphatic rings. The molecule has 5 heteroatoms. The van der Waals surface area contributed by atoms with E-state index < -0.39 is 0 Å². The fourth-order valence-electron chi connectivity index (χ4n) is 5.10. The van der Waals surface area contributed by atoms with E-state index in [2.05, 4.69) is 64.6 Å². The van der Waals surface area contributed by atoms with Gasteiger partial charge in [0.2, 0.25) is 5.91 Å². The van der Waals surface area contributed by atoms with E-state index in [-0.39, 0.29) is 18.0 Å². The first-order valence-electron chi connectivity index (χ1n) is 11.1. The number of rotatable bonds is 6. The molecular formula is C23H35N3OS. The smallest absolute Gasteiger partial charge is 0.225 e. The molecule has 4 nitrogen and oxygen atoms in total. The second kappa shape index (κ2) is 9.64. The Labute approximate surface area is 174 Å². The summed E-state index contributed by atoms with van der Waals surface area (Å²) in [5.41, 5.74) is 1.44. The lowest BCUT2D eigenvalue weighted by Crippen LogP contribution is -2.65. The van der Waals surface area contributed by atoms with Crippen LogP contribution in [-0.2, 0) is 11.2 Å². The summed E-state index contributed by atoms with van der Waals surface area (Å²) >= 11 is 2.06. The average Bonchev–Trinajstić information content (AvgIpc) is 2.73. The van der Waals surface area contributed by atoms with Gasteiger partial charge in [0, 0.05) is 23.6 Å². The molecule has 4 rings (SSSR count). The Morgan fingerprint density at radius 2 is 1.89 bits per heavy atom. The number of hydrogen-bond donors (Lipinski definition) is 2. The van der Waals surface area contributed by atoms with Crippen molar-refractivity contribution < 1.29 is 4.79 Å². The second-order valence-corrected chi connectivity index (χ2v) is 10.2. The summed E-state index contributed by atoms with van der Waals surface area (Å²) in [6.07, 6.45) is 7.33. The van der Waals surface area contributed by atoms with Gasteiger partial charge in [0.15, 0.2) is 0 Å². The number of carbonyl (C=O) groups is 1. The summed E-state index contributed by atoms with van der Waals surface area (Å²) in [6.45, 7) is 5.88. The van der Waals surface area contributed by atoms with Gasteiger partial charge in [-0.15, -0.1) is 0 Å². The molecule has 2 aliphatic heterocycles. The molecule has 1 aromatic rings. The van der Waals surface area contributed by atoms with Gasteiger partial charge in [-0.05, 0) is 56.7 Å². The summed E-state index contributed by atoms with van der Waals surface area (Å²) in [4.78, 5) is 15.1. The third kappa shape index (κ3) is 5.11. The minimum absolute atomic E-state index is 0.149. The Kier molecular flexibility index (Phi) is 6.97. The number of piperidine rings is 1. The zero-order valence-corrected chi connectivity index (χ0v) is 17.9. The summed E-state index contributed by atoms with van der Waals surface area (Å²) < 4.78 is 0. The maximum atomic E-state index is 12.5. The number of nitrogens with zero attached hydrogens (tertiary/aromatic N) is 1. The van der Waals surface area contributed by atoms with Crippen LogP contribution >= 0.6 is 11.8 Å². The van der Waals surface area contributed by atoms with E-state index in [0.717, 1.165) is 23.8 Å². The summed E-state index contributed by atoms with van der Waals surface area (Å²) in [7, 11) is 0. The Balaban J connectivity index is 1.17. The molecule has 1 amide bonds. The zero-order valence-electron chi connectivity index (χ0n) is 17.1. The van der Waals surface area contributed by atoms with E-state index in [4.69, 9.17) is 0 Å². The minimum Gasteiger partial charge on any atom is -0.340 e. The largest absolute Gasteiger partial charge is 0.340 e. The molecule has 1 saturated carbocycles. The predicted octanol–water partition coefficient (Wildman–Crippen LogP) is 3.28. The molecular weight excluding hydrogens is 366 g/mol. The van der Waals surface area contributed by atoms with E-state index in [1.54, 1.807) is 0 Å². The normalized spacial score (nSPS) is 32.0. The van der Waals surface area contributed by atoms with Crippen LogP contribution in [0.15, 0.2) is 30.3 Å². The van der Waals surface area contributed by atoms with Gasteiger partial charge in [0.1, 0.15) is 0 Å². The molecule has 154 valence electrons. The Bertz CT molecular complexity index is 632. The van der Waals surface area contributed by atoms with Crippen molar-refractivity contribution in [3.05, 3.63) is 35.9 Å². The van der Waals surface area contributed by atoms with Gasteiger partial charge in [0.05, 0.1) is 12.1 Å². The first-order valence-corrected chi connectivity index (χ1v) is 12.2. The molecule has 28 heavy (non-hydrogen) atoms. The molecule has 1 aliphatic carbocycles. The Morgan fingerprint density at radius 1 is 1.11 bits per heavy atom. The molecule has 3 fully saturated rings. The van der Waals surface area contributed by atoms with Gasteiger partial charge in [-0.3, -0.25) is 10.1 Å². The van der Waals surface area contributed by atoms with E-state index in [9.17, 15) is 4.79 Å². The Hall–Kier alpha value is -1.04. The van der Waals surface area contributed by atoms with Gasteiger partial charge >= 0.3 is 0 Å². The summed E-state index contributed by atoms with van der Waals surface area (Å²) in [6, 6.07) is 11.2. The SMILES string of the molecule is CC1CCCC2C(=O)NC(CSC3CCN(CCc4ccccc4)CC3)NC12. The number of hydrogen-bond acceptors (Lipinski definition) is 4. The lowest BCUT2D eigenvalue weighted by molar-refractivity contribution is -0.131. The minimum atomic E-state index is 0.149. The van der Waals surface area contributed by atoms with E-state index >= 15 is 0 Å². The fourth-order valence-corrected chi connectivity index (χ4v) is 6.28. The van der Waals surface area contributed by atoms with Crippen LogP contribution in [0.2, 0.25) is 0 Å².